The van der Waals surface area contributed by atoms with Crippen LogP contribution in [0.1, 0.15) is 31.3 Å². The van der Waals surface area contributed by atoms with Gasteiger partial charge in [-0.3, -0.25) is 0 Å². The van der Waals surface area contributed by atoms with Gasteiger partial charge in [0.2, 0.25) is 0 Å². The molecule has 0 atom stereocenters. The fourth-order valence-corrected chi connectivity index (χ4v) is 1.87. The Morgan fingerprint density at radius 2 is 2.18 bits per heavy atom. The summed E-state index contributed by atoms with van der Waals surface area (Å²) in [5, 5.41) is 3.09. The molecule has 0 aromatic carbocycles. The van der Waals surface area contributed by atoms with Crippen LogP contribution in [0.2, 0.25) is 0 Å². The van der Waals surface area contributed by atoms with Gasteiger partial charge in [-0.25, -0.2) is 9.97 Å². The second-order valence-electron chi connectivity index (χ2n) is 4.45. The molecule has 1 N–H and O–H groups in total. The van der Waals surface area contributed by atoms with Crippen molar-refractivity contribution >= 4 is 0 Å². The minimum absolute atomic E-state index is 0.438. The molecule has 2 heterocycles. The first kappa shape index (κ1) is 11.9. The van der Waals surface area contributed by atoms with E-state index in [2.05, 4.69) is 44.5 Å². The number of hydrogen-bond acceptors (Lipinski definition) is 3. The standard InChI is InChI=1S/C12H19N5/c1-10(2)17-8-14-5-12(17)7-16-6-11(4-13-3)15-9-16/h5-6,8-10,13H,4,7H2,1-3H3. The van der Waals surface area contributed by atoms with Gasteiger partial charge in [-0.2, -0.15) is 0 Å². The van der Waals surface area contributed by atoms with Crippen molar-refractivity contribution in [3.63, 3.8) is 0 Å². The Morgan fingerprint density at radius 3 is 2.88 bits per heavy atom. The first-order valence-electron chi connectivity index (χ1n) is 5.86. The third-order valence-corrected chi connectivity index (χ3v) is 2.69. The molecule has 2 rings (SSSR count). The van der Waals surface area contributed by atoms with Gasteiger partial charge in [0.05, 0.1) is 30.6 Å². The third-order valence-electron chi connectivity index (χ3n) is 2.69. The molecular weight excluding hydrogens is 214 g/mol. The highest BCUT2D eigenvalue weighted by atomic mass is 15.1. The average molecular weight is 233 g/mol. The zero-order valence-corrected chi connectivity index (χ0v) is 10.6. The maximum Gasteiger partial charge on any atom is 0.0953 e. The smallest absolute Gasteiger partial charge is 0.0953 e. The molecule has 0 amide bonds. The second-order valence-corrected chi connectivity index (χ2v) is 4.45. The molecule has 0 aliphatic heterocycles. The maximum absolute atomic E-state index is 4.33. The van der Waals surface area contributed by atoms with Crippen LogP contribution in [0.25, 0.3) is 0 Å². The fraction of sp³-hybridized carbons (Fsp3) is 0.500. The number of aromatic nitrogens is 4. The Kier molecular flexibility index (Phi) is 3.58. The van der Waals surface area contributed by atoms with E-state index < -0.39 is 0 Å². The number of rotatable bonds is 5. The quantitative estimate of drug-likeness (QED) is 0.850. The van der Waals surface area contributed by atoms with Gasteiger partial charge in [-0.15, -0.1) is 0 Å². The Labute approximate surface area is 102 Å². The fourth-order valence-electron chi connectivity index (χ4n) is 1.87. The van der Waals surface area contributed by atoms with E-state index in [1.807, 2.05) is 25.9 Å². The van der Waals surface area contributed by atoms with Crippen LogP contribution in [-0.4, -0.2) is 26.1 Å². The van der Waals surface area contributed by atoms with Crippen LogP contribution in [-0.2, 0) is 13.1 Å². The summed E-state index contributed by atoms with van der Waals surface area (Å²) in [6, 6.07) is 0.438. The molecule has 17 heavy (non-hydrogen) atoms. The van der Waals surface area contributed by atoms with Crippen molar-refractivity contribution < 1.29 is 0 Å². The van der Waals surface area contributed by atoms with Gasteiger partial charge in [0.15, 0.2) is 0 Å². The maximum atomic E-state index is 4.33. The van der Waals surface area contributed by atoms with E-state index >= 15 is 0 Å². The number of imidazole rings is 2. The van der Waals surface area contributed by atoms with Crippen LogP contribution in [0.3, 0.4) is 0 Å². The van der Waals surface area contributed by atoms with Crippen LogP contribution in [0.5, 0.6) is 0 Å². The van der Waals surface area contributed by atoms with E-state index in [4.69, 9.17) is 0 Å². The van der Waals surface area contributed by atoms with Crippen LogP contribution < -0.4 is 5.32 Å². The third kappa shape index (κ3) is 2.74. The minimum atomic E-state index is 0.438. The highest BCUT2D eigenvalue weighted by Gasteiger charge is 2.06. The van der Waals surface area contributed by atoms with E-state index in [-0.39, 0.29) is 0 Å². The molecule has 0 saturated heterocycles. The van der Waals surface area contributed by atoms with Crippen LogP contribution in [0, 0.1) is 0 Å². The molecule has 0 aliphatic rings. The van der Waals surface area contributed by atoms with Gasteiger partial charge < -0.3 is 14.5 Å². The molecule has 0 saturated carbocycles. The lowest BCUT2D eigenvalue weighted by atomic mass is 10.3. The first-order valence-corrected chi connectivity index (χ1v) is 5.86. The molecule has 0 bridgehead atoms. The largest absolute Gasteiger partial charge is 0.331 e. The number of hydrogen-bond donors (Lipinski definition) is 1. The number of nitrogens with one attached hydrogen (secondary N) is 1. The van der Waals surface area contributed by atoms with Crippen molar-refractivity contribution in [2.24, 2.45) is 0 Å². The van der Waals surface area contributed by atoms with Gasteiger partial charge in [0, 0.05) is 25.0 Å². The second kappa shape index (κ2) is 5.14. The lowest BCUT2D eigenvalue weighted by Crippen LogP contribution is -2.08. The van der Waals surface area contributed by atoms with E-state index in [1.54, 1.807) is 0 Å². The van der Waals surface area contributed by atoms with Crippen molar-refractivity contribution in [2.75, 3.05) is 7.05 Å². The van der Waals surface area contributed by atoms with E-state index in [1.165, 1.54) is 5.69 Å². The average Bonchev–Trinajstić information content (AvgIpc) is 2.89. The monoisotopic (exact) mass is 233 g/mol. The summed E-state index contributed by atoms with van der Waals surface area (Å²) in [5.41, 5.74) is 2.26. The summed E-state index contributed by atoms with van der Waals surface area (Å²) in [7, 11) is 1.92. The molecule has 0 fully saturated rings. The van der Waals surface area contributed by atoms with Crippen molar-refractivity contribution in [2.45, 2.75) is 33.0 Å². The molecule has 2 aromatic heterocycles. The van der Waals surface area contributed by atoms with Gasteiger partial charge in [-0.05, 0) is 20.9 Å². The zero-order chi connectivity index (χ0) is 12.3. The van der Waals surface area contributed by atoms with Gasteiger partial charge >= 0.3 is 0 Å². The molecular formula is C12H19N5. The van der Waals surface area contributed by atoms with Gasteiger partial charge in [-0.1, -0.05) is 0 Å². The molecule has 2 aromatic rings. The molecule has 5 nitrogen and oxygen atoms in total. The Bertz CT molecular complexity index is 469. The number of nitrogens with zero attached hydrogens (tertiary/aromatic N) is 4. The van der Waals surface area contributed by atoms with E-state index in [0.29, 0.717) is 6.04 Å². The highest BCUT2D eigenvalue weighted by molar-refractivity contribution is 5.04. The van der Waals surface area contributed by atoms with Crippen LogP contribution >= 0.6 is 0 Å². The Balaban J connectivity index is 2.11. The molecule has 92 valence electrons. The normalized spacial score (nSPS) is 11.3. The van der Waals surface area contributed by atoms with Crippen molar-refractivity contribution in [1.29, 1.82) is 0 Å². The Hall–Kier alpha value is -1.62. The Morgan fingerprint density at radius 1 is 1.35 bits per heavy atom. The lowest BCUT2D eigenvalue weighted by molar-refractivity contribution is 0.561. The molecule has 0 aliphatic carbocycles. The molecule has 0 radical (unpaired) electrons. The molecule has 0 spiro atoms. The van der Waals surface area contributed by atoms with E-state index in [9.17, 15) is 0 Å². The van der Waals surface area contributed by atoms with Crippen molar-refractivity contribution in [3.8, 4) is 0 Å². The predicted molar refractivity (Wildman–Crippen MR) is 66.7 cm³/mol. The van der Waals surface area contributed by atoms with Gasteiger partial charge in [0.1, 0.15) is 0 Å². The van der Waals surface area contributed by atoms with Crippen molar-refractivity contribution in [3.05, 3.63) is 36.4 Å². The summed E-state index contributed by atoms with van der Waals surface area (Å²) < 4.78 is 4.26. The summed E-state index contributed by atoms with van der Waals surface area (Å²) >= 11 is 0. The topological polar surface area (TPSA) is 47.7 Å². The van der Waals surface area contributed by atoms with Crippen molar-refractivity contribution in [1.82, 2.24) is 24.4 Å². The summed E-state index contributed by atoms with van der Waals surface area (Å²) in [6.45, 7) is 5.93. The predicted octanol–water partition coefficient (Wildman–Crippen LogP) is 1.43. The molecule has 0 unspecified atom stereocenters. The molecule has 5 heteroatoms. The summed E-state index contributed by atoms with van der Waals surface area (Å²) in [5.74, 6) is 0. The first-order chi connectivity index (χ1) is 8.20. The minimum Gasteiger partial charge on any atom is -0.331 e. The van der Waals surface area contributed by atoms with Crippen LogP contribution in [0.15, 0.2) is 25.0 Å². The lowest BCUT2D eigenvalue weighted by Gasteiger charge is -2.11. The van der Waals surface area contributed by atoms with Crippen LogP contribution in [0.4, 0.5) is 0 Å². The van der Waals surface area contributed by atoms with E-state index in [0.717, 1.165) is 18.8 Å². The highest BCUT2D eigenvalue weighted by Crippen LogP contribution is 2.10. The zero-order valence-electron chi connectivity index (χ0n) is 10.6. The summed E-state index contributed by atoms with van der Waals surface area (Å²) in [6.07, 6.45) is 7.72. The summed E-state index contributed by atoms with van der Waals surface area (Å²) in [4.78, 5) is 8.53. The SMILES string of the molecule is CNCc1cn(Cc2cncn2C(C)C)cn1. The van der Waals surface area contributed by atoms with Gasteiger partial charge in [0.25, 0.3) is 0 Å².